The molecule has 9 aromatic rings. The maximum Gasteiger partial charge on any atom is 0.143 e. The minimum atomic E-state index is 0.0531. The average Bonchev–Trinajstić information content (AvgIpc) is 3.73. The van der Waals surface area contributed by atoms with Crippen LogP contribution in [-0.4, -0.2) is 0 Å². The second-order valence-corrected chi connectivity index (χ2v) is 15.7. The Kier molecular flexibility index (Phi) is 7.06. The lowest BCUT2D eigenvalue weighted by Gasteiger charge is -2.31. The fourth-order valence-electron chi connectivity index (χ4n) is 9.58. The molecule has 55 heavy (non-hydrogen) atoms. The van der Waals surface area contributed by atoms with Crippen molar-refractivity contribution in [2.75, 3.05) is 4.90 Å². The van der Waals surface area contributed by atoms with Crippen LogP contribution in [0.1, 0.15) is 36.5 Å². The molecule has 8 aromatic carbocycles. The molecule has 2 unspecified atom stereocenters. The number of furan rings is 1. The average molecular weight is 706 g/mol. The van der Waals surface area contributed by atoms with Gasteiger partial charge in [0.1, 0.15) is 11.2 Å². The van der Waals surface area contributed by atoms with Crippen molar-refractivity contribution < 1.29 is 4.42 Å². The van der Waals surface area contributed by atoms with Crippen LogP contribution in [0.2, 0.25) is 0 Å². The van der Waals surface area contributed by atoms with Gasteiger partial charge in [0, 0.05) is 44.7 Å². The summed E-state index contributed by atoms with van der Waals surface area (Å²) in [6, 6.07) is 61.5. The molecule has 2 atom stereocenters. The Balaban J connectivity index is 1.02. The van der Waals surface area contributed by atoms with Gasteiger partial charge in [-0.25, -0.2) is 0 Å². The number of nitrogens with zero attached hydrogens (tertiary/aromatic N) is 1. The molecular formula is C53H39NO. The van der Waals surface area contributed by atoms with Crippen molar-refractivity contribution in [2.24, 2.45) is 5.92 Å². The van der Waals surface area contributed by atoms with Crippen LogP contribution in [0.5, 0.6) is 0 Å². The van der Waals surface area contributed by atoms with Crippen LogP contribution in [0.4, 0.5) is 17.1 Å². The summed E-state index contributed by atoms with van der Waals surface area (Å²) in [5, 5.41) is 7.11. The van der Waals surface area contributed by atoms with Gasteiger partial charge in [0.15, 0.2) is 0 Å². The normalized spacial score (nSPS) is 17.1. The van der Waals surface area contributed by atoms with Crippen molar-refractivity contribution in [1.29, 1.82) is 0 Å². The summed E-state index contributed by atoms with van der Waals surface area (Å²) in [4.78, 5) is 2.33. The fraction of sp³-hybridized carbons (Fsp3) is 0.0943. The van der Waals surface area contributed by atoms with Gasteiger partial charge < -0.3 is 9.32 Å². The standard InChI is InChI=1S/C53H39NO/c1-53(2)49-22-11-10-18-43(49)44-30-26-37(32-50(44)53)47-33-48-46-21-12-20-41(51(46)55-52(48)45-19-9-8-17-42(45)47)35-24-27-39(28-25-35)54(38-15-4-3-5-16-38)40-29-23-34-13-6-7-14-36(34)31-40/h3-33,44,50H,1-2H3. The summed E-state index contributed by atoms with van der Waals surface area (Å²) in [6.45, 7) is 4.82. The van der Waals surface area contributed by atoms with Crippen LogP contribution in [0.3, 0.4) is 0 Å². The van der Waals surface area contributed by atoms with Gasteiger partial charge >= 0.3 is 0 Å². The van der Waals surface area contributed by atoms with E-state index >= 15 is 0 Å². The molecule has 262 valence electrons. The summed E-state index contributed by atoms with van der Waals surface area (Å²) in [6.07, 6.45) is 7.35. The Morgan fingerprint density at radius 3 is 2.04 bits per heavy atom. The molecule has 0 bridgehead atoms. The van der Waals surface area contributed by atoms with Gasteiger partial charge in [-0.3, -0.25) is 0 Å². The minimum absolute atomic E-state index is 0.0531. The van der Waals surface area contributed by atoms with Crippen LogP contribution < -0.4 is 4.90 Å². The highest BCUT2D eigenvalue weighted by Gasteiger charge is 2.45. The number of hydrogen-bond donors (Lipinski definition) is 0. The van der Waals surface area contributed by atoms with Gasteiger partial charge in [0.05, 0.1) is 0 Å². The first-order chi connectivity index (χ1) is 27.0. The van der Waals surface area contributed by atoms with Crippen LogP contribution in [0.25, 0.3) is 60.2 Å². The van der Waals surface area contributed by atoms with E-state index in [1.54, 1.807) is 0 Å². The van der Waals surface area contributed by atoms with Crippen molar-refractivity contribution in [2.45, 2.75) is 25.2 Å². The molecule has 0 radical (unpaired) electrons. The van der Waals surface area contributed by atoms with Gasteiger partial charge in [-0.05, 0) is 97.8 Å². The maximum absolute atomic E-state index is 6.95. The van der Waals surface area contributed by atoms with Crippen LogP contribution in [0, 0.1) is 5.92 Å². The van der Waals surface area contributed by atoms with Gasteiger partial charge in [-0.15, -0.1) is 0 Å². The van der Waals surface area contributed by atoms with E-state index in [4.69, 9.17) is 4.42 Å². The number of rotatable bonds is 5. The van der Waals surface area contributed by atoms with Crippen LogP contribution >= 0.6 is 0 Å². The summed E-state index contributed by atoms with van der Waals surface area (Å²) in [5.74, 6) is 0.801. The highest BCUT2D eigenvalue weighted by molar-refractivity contribution is 6.20. The molecule has 2 nitrogen and oxygen atoms in total. The largest absolute Gasteiger partial charge is 0.455 e. The van der Waals surface area contributed by atoms with Crippen molar-refractivity contribution in [3.05, 3.63) is 205 Å². The number of anilines is 3. The minimum Gasteiger partial charge on any atom is -0.455 e. The lowest BCUT2D eigenvalue weighted by molar-refractivity contribution is 0.395. The molecule has 2 aliphatic carbocycles. The second kappa shape index (κ2) is 12.2. The topological polar surface area (TPSA) is 16.4 Å². The van der Waals surface area contributed by atoms with Gasteiger partial charge in [-0.1, -0.05) is 159 Å². The van der Waals surface area contributed by atoms with E-state index < -0.39 is 0 Å². The fourth-order valence-corrected chi connectivity index (χ4v) is 9.58. The summed E-state index contributed by atoms with van der Waals surface area (Å²) < 4.78 is 6.95. The maximum atomic E-state index is 6.95. The van der Waals surface area contributed by atoms with E-state index in [0.717, 1.165) is 55.5 Å². The van der Waals surface area contributed by atoms with Gasteiger partial charge in [-0.2, -0.15) is 0 Å². The molecule has 0 amide bonds. The lowest BCUT2D eigenvalue weighted by Crippen LogP contribution is -2.25. The predicted molar refractivity (Wildman–Crippen MR) is 232 cm³/mol. The summed E-state index contributed by atoms with van der Waals surface area (Å²) in [5.41, 5.74) is 12.9. The number of para-hydroxylation sites is 2. The van der Waals surface area contributed by atoms with E-state index in [0.29, 0.717) is 11.8 Å². The smallest absolute Gasteiger partial charge is 0.143 e. The van der Waals surface area contributed by atoms with Crippen molar-refractivity contribution in [1.82, 2.24) is 0 Å². The zero-order valence-electron chi connectivity index (χ0n) is 30.9. The third kappa shape index (κ3) is 4.95. The second-order valence-electron chi connectivity index (χ2n) is 15.7. The van der Waals surface area contributed by atoms with Crippen LogP contribution in [0.15, 0.2) is 193 Å². The number of benzene rings is 8. The Morgan fingerprint density at radius 2 is 1.18 bits per heavy atom. The number of fused-ring (bicyclic) bond motifs is 9. The SMILES string of the molecule is CC1(C)c2ccccc2C2C=CC(c3cc4c5cccc(-c6ccc(N(c7ccccc7)c7ccc8ccccc8c7)cc6)c5oc4c4ccccc34)=CC21. The highest BCUT2D eigenvalue weighted by atomic mass is 16.3. The Morgan fingerprint density at radius 1 is 0.509 bits per heavy atom. The van der Waals surface area contributed by atoms with E-state index in [9.17, 15) is 0 Å². The van der Waals surface area contributed by atoms with Crippen molar-refractivity contribution in [3.8, 4) is 11.1 Å². The first kappa shape index (κ1) is 31.8. The third-order valence-electron chi connectivity index (χ3n) is 12.3. The van der Waals surface area contributed by atoms with E-state index in [-0.39, 0.29) is 5.41 Å². The van der Waals surface area contributed by atoms with Crippen molar-refractivity contribution >= 4 is 66.1 Å². The quantitative estimate of drug-likeness (QED) is 0.177. The predicted octanol–water partition coefficient (Wildman–Crippen LogP) is 14.7. The van der Waals surface area contributed by atoms with Gasteiger partial charge in [0.2, 0.25) is 0 Å². The molecule has 1 heterocycles. The zero-order valence-corrected chi connectivity index (χ0v) is 30.9. The van der Waals surface area contributed by atoms with E-state index in [2.05, 4.69) is 207 Å². The molecule has 2 heteroatoms. The molecule has 0 saturated carbocycles. The highest BCUT2D eigenvalue weighted by Crippen LogP contribution is 2.54. The van der Waals surface area contributed by atoms with E-state index in [1.807, 2.05) is 0 Å². The Labute approximate surface area is 321 Å². The number of allylic oxidation sites excluding steroid dienone is 4. The molecule has 0 N–H and O–H groups in total. The molecule has 2 aliphatic rings. The summed E-state index contributed by atoms with van der Waals surface area (Å²) in [7, 11) is 0. The van der Waals surface area contributed by atoms with Crippen LogP contribution in [-0.2, 0) is 5.41 Å². The zero-order chi connectivity index (χ0) is 36.7. The Bertz CT molecular complexity index is 3020. The third-order valence-corrected chi connectivity index (χ3v) is 12.3. The van der Waals surface area contributed by atoms with Gasteiger partial charge in [0.25, 0.3) is 0 Å². The monoisotopic (exact) mass is 705 g/mol. The molecule has 11 rings (SSSR count). The molecule has 1 aromatic heterocycles. The lowest BCUT2D eigenvalue weighted by atomic mass is 9.72. The molecule has 0 saturated heterocycles. The number of hydrogen-bond acceptors (Lipinski definition) is 2. The first-order valence-electron chi connectivity index (χ1n) is 19.3. The van der Waals surface area contributed by atoms with Crippen molar-refractivity contribution in [3.63, 3.8) is 0 Å². The molecule has 0 aliphatic heterocycles. The first-order valence-corrected chi connectivity index (χ1v) is 19.3. The summed E-state index contributed by atoms with van der Waals surface area (Å²) >= 11 is 0. The van der Waals surface area contributed by atoms with E-state index in [1.165, 1.54) is 38.4 Å². The molecule has 0 fully saturated rings. The molecule has 0 spiro atoms. The Hall–Kier alpha value is -6.64. The molecular weight excluding hydrogens is 667 g/mol.